The molecule has 0 spiro atoms. The van der Waals surface area contributed by atoms with Gasteiger partial charge in [0, 0.05) is 38.4 Å². The van der Waals surface area contributed by atoms with Crippen LogP contribution >= 0.6 is 0 Å². The fourth-order valence-electron chi connectivity index (χ4n) is 13.4. The third-order valence-electron chi connectivity index (χ3n) is 17.4. The minimum Gasteiger partial charge on any atom is -0.344 e. The number of aliphatic imine (C=N–C) groups is 2. The molecule has 8 heteroatoms. The van der Waals surface area contributed by atoms with Gasteiger partial charge in [0.15, 0.2) is 5.84 Å². The van der Waals surface area contributed by atoms with Crippen molar-refractivity contribution in [1.29, 1.82) is 0 Å². The Bertz CT molecular complexity index is 4750. The van der Waals surface area contributed by atoms with Gasteiger partial charge in [0.25, 0.3) is 0 Å². The number of para-hydroxylation sites is 2. The fraction of sp³-hybridized carbons (Fsp3) is 0.105. The zero-order chi connectivity index (χ0) is 55.5. The number of amidine groups is 2. The lowest BCUT2D eigenvalue weighted by Crippen LogP contribution is -2.54. The predicted octanol–water partition coefficient (Wildman–Crippen LogP) is 17.3. The molecule has 2 aliphatic heterocycles. The van der Waals surface area contributed by atoms with Crippen LogP contribution in [-0.4, -0.2) is 20.8 Å². The van der Waals surface area contributed by atoms with Crippen LogP contribution in [0.25, 0.3) is 82.5 Å². The van der Waals surface area contributed by atoms with E-state index >= 15 is 0 Å². The molecule has 10 aromatic carbocycles. The van der Waals surface area contributed by atoms with Crippen molar-refractivity contribution in [1.82, 2.24) is 30.4 Å². The van der Waals surface area contributed by atoms with Gasteiger partial charge in [-0.05, 0) is 123 Å². The van der Waals surface area contributed by atoms with E-state index < -0.39 is 6.17 Å². The lowest BCUT2D eigenvalue weighted by molar-refractivity contribution is 0.203. The van der Waals surface area contributed by atoms with Crippen LogP contribution in [-0.2, 0) is 0 Å². The van der Waals surface area contributed by atoms with E-state index in [1.165, 1.54) is 65.7 Å². The summed E-state index contributed by atoms with van der Waals surface area (Å²) in [5, 5.41) is 23.1. The highest BCUT2D eigenvalue weighted by atomic mass is 15.4. The van der Waals surface area contributed by atoms with Crippen molar-refractivity contribution in [2.24, 2.45) is 9.98 Å². The summed E-state index contributed by atoms with van der Waals surface area (Å²) in [5.74, 6) is 1.51. The average molecular weight is 1090 g/mol. The number of rotatable bonds is 10. The van der Waals surface area contributed by atoms with Crippen molar-refractivity contribution in [3.05, 3.63) is 306 Å². The lowest BCUT2D eigenvalue weighted by Gasteiger charge is -2.40. The Kier molecular flexibility index (Phi) is 12.5. The minimum absolute atomic E-state index is 0.196. The van der Waals surface area contributed by atoms with Crippen molar-refractivity contribution in [3.8, 4) is 22.5 Å². The van der Waals surface area contributed by atoms with E-state index in [4.69, 9.17) is 9.98 Å². The Hall–Kier alpha value is -9.96. The molecule has 8 nitrogen and oxygen atoms in total. The molecule has 0 radical (unpaired) electrons. The fourth-order valence-corrected chi connectivity index (χ4v) is 13.4. The zero-order valence-corrected chi connectivity index (χ0v) is 46.3. The van der Waals surface area contributed by atoms with E-state index in [-0.39, 0.29) is 18.5 Å². The van der Waals surface area contributed by atoms with Crippen LogP contribution in [0.15, 0.2) is 283 Å². The van der Waals surface area contributed by atoms with Gasteiger partial charge in [0.2, 0.25) is 0 Å². The minimum atomic E-state index is -0.391. The van der Waals surface area contributed by atoms with Gasteiger partial charge in [-0.2, -0.15) is 0 Å². The molecule has 0 amide bonds. The molecule has 84 heavy (non-hydrogen) atoms. The Balaban J connectivity index is 0.979. The van der Waals surface area contributed by atoms with E-state index in [0.29, 0.717) is 5.84 Å². The molecule has 4 heterocycles. The highest BCUT2D eigenvalue weighted by molar-refractivity contribution is 6.29. The Labute approximate surface area is 488 Å². The first-order valence-electron chi connectivity index (χ1n) is 29.5. The lowest BCUT2D eigenvalue weighted by atomic mass is 9.94. The summed E-state index contributed by atoms with van der Waals surface area (Å²) in [7, 11) is 0. The second-order valence-corrected chi connectivity index (χ2v) is 22.4. The maximum atomic E-state index is 5.70. The number of benzene rings is 10. The zero-order valence-electron chi connectivity index (χ0n) is 46.3. The molecular formula is C76H60N8. The van der Waals surface area contributed by atoms with Crippen LogP contribution < -0.4 is 21.3 Å². The molecule has 4 aliphatic rings. The SMILES string of the molecule is C1=CCCC(C2=NC(c3cc(C4NC(c5ccccc5)NC(c5ccccc5-c5ccccc5)N4)ccc3-n3c4ccccc4c4cc(C5=CCCC=C5)c5c(c6ccccc6n5-c5ccc6ccccc6c5)c43)=NC(c3ccccc3)N2)=C1. The molecule has 0 bridgehead atoms. The number of allylic oxidation sites excluding steroid dienone is 7. The standard InChI is InChI=1S/C76H60N8/c1-6-25-50(26-7-1)58-36-18-19-38-60(58)75-79-73(54-33-14-5-15-34-54)78-74(82-75)56-43-45-67(64(47-56)76-80-71(52-29-10-3-11-30-52)77-72(81-76)53-31-12-4-13-32-53)84-65-40-22-20-37-59(65)63-48-62(51-27-8-2-9-28-51)69-68(70(63)84)61-39-21-23-41-66(61)83(69)57-44-42-49-24-16-17-35-55(49)46-57/h1,3-8,10-12,14-31,33-48,71,73-75,78-79,82H,2,9,13,32H2,(H,77,80,81). The van der Waals surface area contributed by atoms with Crippen LogP contribution in [0.4, 0.5) is 0 Å². The second-order valence-electron chi connectivity index (χ2n) is 22.4. The second kappa shape index (κ2) is 21.1. The summed E-state index contributed by atoms with van der Waals surface area (Å²) >= 11 is 0. The van der Waals surface area contributed by atoms with Crippen LogP contribution in [0.5, 0.6) is 0 Å². The smallest absolute Gasteiger partial charge is 0.161 e. The van der Waals surface area contributed by atoms with Crippen molar-refractivity contribution >= 4 is 71.6 Å². The van der Waals surface area contributed by atoms with Crippen molar-refractivity contribution in [3.63, 3.8) is 0 Å². The number of hydrogen-bond donors (Lipinski definition) is 4. The molecule has 12 aromatic rings. The van der Waals surface area contributed by atoms with E-state index in [2.05, 4.69) is 297 Å². The number of fused-ring (bicyclic) bond motifs is 8. The average Bonchev–Trinajstić information content (AvgIpc) is 1.64. The van der Waals surface area contributed by atoms with E-state index in [0.717, 1.165) is 87.3 Å². The Morgan fingerprint density at radius 1 is 0.464 bits per heavy atom. The quantitative estimate of drug-likeness (QED) is 0.110. The predicted molar refractivity (Wildman–Crippen MR) is 348 cm³/mol. The summed E-state index contributed by atoms with van der Waals surface area (Å²) in [6.45, 7) is 0. The van der Waals surface area contributed by atoms with Gasteiger partial charge >= 0.3 is 0 Å². The third kappa shape index (κ3) is 8.73. The molecule has 404 valence electrons. The van der Waals surface area contributed by atoms with Gasteiger partial charge < -0.3 is 14.5 Å². The first-order valence-corrected chi connectivity index (χ1v) is 29.5. The first-order chi connectivity index (χ1) is 41.7. The largest absolute Gasteiger partial charge is 0.344 e. The van der Waals surface area contributed by atoms with Gasteiger partial charge in [-0.3, -0.25) is 16.0 Å². The molecule has 1 fully saturated rings. The molecule has 4 N–H and O–H groups in total. The van der Waals surface area contributed by atoms with Gasteiger partial charge in [-0.25, -0.2) is 9.98 Å². The Morgan fingerprint density at radius 3 is 1.94 bits per heavy atom. The van der Waals surface area contributed by atoms with Crippen LogP contribution in [0.3, 0.4) is 0 Å². The summed E-state index contributed by atoms with van der Waals surface area (Å²) in [6.07, 6.45) is 16.4. The third-order valence-corrected chi connectivity index (χ3v) is 17.4. The van der Waals surface area contributed by atoms with Crippen molar-refractivity contribution < 1.29 is 0 Å². The molecule has 1 saturated heterocycles. The monoisotopic (exact) mass is 1080 g/mol. The van der Waals surface area contributed by atoms with Gasteiger partial charge in [0.05, 0.1) is 46.3 Å². The van der Waals surface area contributed by atoms with Gasteiger partial charge in [-0.1, -0.05) is 225 Å². The van der Waals surface area contributed by atoms with Gasteiger partial charge in [0.1, 0.15) is 12.0 Å². The van der Waals surface area contributed by atoms with E-state index in [1.54, 1.807) is 0 Å². The summed E-state index contributed by atoms with van der Waals surface area (Å²) in [5.41, 5.74) is 18.0. The van der Waals surface area contributed by atoms with Crippen molar-refractivity contribution in [2.75, 3.05) is 0 Å². The number of nitrogens with one attached hydrogen (secondary N) is 4. The maximum Gasteiger partial charge on any atom is 0.161 e. The van der Waals surface area contributed by atoms with Crippen LogP contribution in [0, 0.1) is 0 Å². The van der Waals surface area contributed by atoms with E-state index in [9.17, 15) is 0 Å². The highest BCUT2D eigenvalue weighted by Gasteiger charge is 2.34. The molecule has 0 saturated carbocycles. The van der Waals surface area contributed by atoms with E-state index in [1.807, 2.05) is 0 Å². The number of hydrogen-bond acceptors (Lipinski definition) is 6. The van der Waals surface area contributed by atoms with Crippen LogP contribution in [0.2, 0.25) is 0 Å². The first kappa shape index (κ1) is 49.8. The summed E-state index contributed by atoms with van der Waals surface area (Å²) in [4.78, 5) is 11.4. The molecule has 4 unspecified atom stereocenters. The number of nitrogens with zero attached hydrogens (tertiary/aromatic N) is 4. The molecule has 2 aromatic heterocycles. The topological polar surface area (TPSA) is 82.7 Å². The van der Waals surface area contributed by atoms with Gasteiger partial charge in [-0.15, -0.1) is 0 Å². The number of aromatic nitrogens is 2. The summed E-state index contributed by atoms with van der Waals surface area (Å²) < 4.78 is 5.06. The summed E-state index contributed by atoms with van der Waals surface area (Å²) in [6, 6.07) is 83.8. The highest BCUT2D eigenvalue weighted by Crippen LogP contribution is 2.47. The molecule has 4 atom stereocenters. The Morgan fingerprint density at radius 2 is 1.15 bits per heavy atom. The molecular weight excluding hydrogens is 1020 g/mol. The molecule has 16 rings (SSSR count). The van der Waals surface area contributed by atoms with Crippen LogP contribution in [0.1, 0.15) is 83.7 Å². The normalized spacial score (nSPS) is 18.9. The van der Waals surface area contributed by atoms with Crippen molar-refractivity contribution in [2.45, 2.75) is 50.3 Å². The molecule has 2 aliphatic carbocycles. The maximum absolute atomic E-state index is 5.70.